The minimum Gasteiger partial charge on any atom is -0.497 e. The van der Waals surface area contributed by atoms with Crippen molar-refractivity contribution in [3.05, 3.63) is 30.0 Å². The molecule has 3 rings (SSSR count). The fraction of sp³-hybridized carbons (Fsp3) is 0.467. The quantitative estimate of drug-likeness (QED) is 0.908. The number of hydrogen-bond acceptors (Lipinski definition) is 3. The summed E-state index contributed by atoms with van der Waals surface area (Å²) in [7, 11) is 3.83. The van der Waals surface area contributed by atoms with Crippen molar-refractivity contribution in [3.63, 3.8) is 0 Å². The van der Waals surface area contributed by atoms with Crippen LogP contribution >= 0.6 is 0 Å². The molecule has 0 saturated carbocycles. The van der Waals surface area contributed by atoms with E-state index in [-0.39, 0.29) is 0 Å². The van der Waals surface area contributed by atoms with Crippen molar-refractivity contribution in [2.45, 2.75) is 6.54 Å². The summed E-state index contributed by atoms with van der Waals surface area (Å²) in [6, 6.07) is 6.30. The van der Waals surface area contributed by atoms with Gasteiger partial charge in [0.15, 0.2) is 0 Å². The van der Waals surface area contributed by atoms with E-state index in [4.69, 9.17) is 4.74 Å². The first kappa shape index (κ1) is 12.5. The van der Waals surface area contributed by atoms with Crippen molar-refractivity contribution < 1.29 is 4.74 Å². The Morgan fingerprint density at radius 1 is 1.26 bits per heavy atom. The number of aromatic nitrogens is 1. The van der Waals surface area contributed by atoms with Crippen molar-refractivity contribution >= 4 is 10.9 Å². The second kappa shape index (κ2) is 5.23. The smallest absolute Gasteiger partial charge is 0.119 e. The van der Waals surface area contributed by atoms with E-state index in [1.807, 2.05) is 6.07 Å². The molecule has 0 unspecified atom stereocenters. The molecule has 0 bridgehead atoms. The molecule has 0 radical (unpaired) electrons. The molecule has 1 aromatic carbocycles. The van der Waals surface area contributed by atoms with Gasteiger partial charge < -0.3 is 14.6 Å². The highest BCUT2D eigenvalue weighted by Gasteiger charge is 2.14. The van der Waals surface area contributed by atoms with Gasteiger partial charge in [0.05, 0.1) is 7.11 Å². The molecular formula is C15H21N3O. The zero-order valence-corrected chi connectivity index (χ0v) is 11.6. The molecular weight excluding hydrogens is 238 g/mol. The van der Waals surface area contributed by atoms with Gasteiger partial charge in [0.2, 0.25) is 0 Å². The highest BCUT2D eigenvalue weighted by Crippen LogP contribution is 2.26. The molecule has 1 N–H and O–H groups in total. The normalized spacial score (nSPS) is 16.9. The van der Waals surface area contributed by atoms with Crippen LogP contribution in [0.15, 0.2) is 24.4 Å². The molecule has 2 heterocycles. The summed E-state index contributed by atoms with van der Waals surface area (Å²) in [4.78, 5) is 2.50. The second-order valence-corrected chi connectivity index (χ2v) is 5.17. The molecule has 1 saturated heterocycles. The van der Waals surface area contributed by atoms with E-state index in [1.165, 1.54) is 16.5 Å². The number of benzene rings is 1. The summed E-state index contributed by atoms with van der Waals surface area (Å²) < 4.78 is 7.54. The number of nitrogens with one attached hydrogen (secondary N) is 1. The molecule has 1 aromatic heterocycles. The van der Waals surface area contributed by atoms with Gasteiger partial charge in [-0.25, -0.2) is 0 Å². The highest BCUT2D eigenvalue weighted by atomic mass is 16.5. The minimum atomic E-state index is 0.931. The lowest BCUT2D eigenvalue weighted by Crippen LogP contribution is -2.42. The molecule has 1 fully saturated rings. The van der Waals surface area contributed by atoms with Crippen LogP contribution in [0.3, 0.4) is 0 Å². The molecule has 0 amide bonds. The fourth-order valence-corrected chi connectivity index (χ4v) is 2.82. The van der Waals surface area contributed by atoms with Crippen LogP contribution in [0.25, 0.3) is 10.9 Å². The van der Waals surface area contributed by atoms with Crippen molar-refractivity contribution in [2.24, 2.45) is 7.05 Å². The maximum Gasteiger partial charge on any atom is 0.119 e. The third-order valence-corrected chi connectivity index (χ3v) is 3.88. The van der Waals surface area contributed by atoms with Gasteiger partial charge >= 0.3 is 0 Å². The third-order valence-electron chi connectivity index (χ3n) is 3.88. The molecule has 19 heavy (non-hydrogen) atoms. The first-order valence-electron chi connectivity index (χ1n) is 6.83. The lowest BCUT2D eigenvalue weighted by molar-refractivity contribution is 0.234. The molecule has 102 valence electrons. The maximum atomic E-state index is 5.34. The summed E-state index contributed by atoms with van der Waals surface area (Å²) in [6.45, 7) is 5.45. The summed E-state index contributed by atoms with van der Waals surface area (Å²) in [5, 5.41) is 4.70. The number of aryl methyl sites for hydroxylation is 1. The topological polar surface area (TPSA) is 29.4 Å². The van der Waals surface area contributed by atoms with E-state index in [0.717, 1.165) is 38.5 Å². The molecule has 1 aliphatic heterocycles. The molecule has 4 nitrogen and oxygen atoms in total. The lowest BCUT2D eigenvalue weighted by Gasteiger charge is -2.26. The summed E-state index contributed by atoms with van der Waals surface area (Å²) in [5.74, 6) is 0.931. The Morgan fingerprint density at radius 2 is 2.05 bits per heavy atom. The van der Waals surface area contributed by atoms with Crippen molar-refractivity contribution in [1.82, 2.24) is 14.8 Å². The third kappa shape index (κ3) is 2.46. The van der Waals surface area contributed by atoms with E-state index in [0.29, 0.717) is 0 Å². The second-order valence-electron chi connectivity index (χ2n) is 5.17. The van der Waals surface area contributed by atoms with E-state index in [9.17, 15) is 0 Å². The highest BCUT2D eigenvalue weighted by molar-refractivity contribution is 5.85. The van der Waals surface area contributed by atoms with E-state index in [2.05, 4.69) is 40.2 Å². The van der Waals surface area contributed by atoms with Gasteiger partial charge in [-0.3, -0.25) is 4.90 Å². The zero-order chi connectivity index (χ0) is 13.2. The Balaban J connectivity index is 1.93. The number of piperazine rings is 1. The van der Waals surface area contributed by atoms with Gasteiger partial charge in [0, 0.05) is 56.9 Å². The number of rotatable bonds is 3. The molecule has 1 aliphatic rings. The van der Waals surface area contributed by atoms with Gasteiger partial charge in [0.25, 0.3) is 0 Å². The molecule has 2 aromatic rings. The van der Waals surface area contributed by atoms with E-state index in [1.54, 1.807) is 7.11 Å². The van der Waals surface area contributed by atoms with Crippen LogP contribution in [0.5, 0.6) is 5.75 Å². The van der Waals surface area contributed by atoms with Crippen LogP contribution in [0.4, 0.5) is 0 Å². The number of methoxy groups -OCH3 is 1. The first-order chi connectivity index (χ1) is 9.28. The van der Waals surface area contributed by atoms with Crippen molar-refractivity contribution in [1.29, 1.82) is 0 Å². The number of ether oxygens (including phenoxy) is 1. The standard InChI is InChI=1S/C15H21N3O/c1-17-10-12(11-18-7-5-16-6-8-18)14-9-13(19-2)3-4-15(14)17/h3-4,9-10,16H,5-8,11H2,1-2H3. The number of nitrogens with zero attached hydrogens (tertiary/aromatic N) is 2. The van der Waals surface area contributed by atoms with E-state index >= 15 is 0 Å². The van der Waals surface area contributed by atoms with Gasteiger partial charge in [0.1, 0.15) is 5.75 Å². The lowest BCUT2D eigenvalue weighted by atomic mass is 10.1. The van der Waals surface area contributed by atoms with Crippen LogP contribution < -0.4 is 10.1 Å². The van der Waals surface area contributed by atoms with Crippen LogP contribution in [0.2, 0.25) is 0 Å². The van der Waals surface area contributed by atoms with Crippen LogP contribution in [0.1, 0.15) is 5.56 Å². The zero-order valence-electron chi connectivity index (χ0n) is 11.6. The first-order valence-corrected chi connectivity index (χ1v) is 6.83. The monoisotopic (exact) mass is 259 g/mol. The molecule has 0 aliphatic carbocycles. The molecule has 0 spiro atoms. The Kier molecular flexibility index (Phi) is 3.44. The maximum absolute atomic E-state index is 5.34. The van der Waals surface area contributed by atoms with E-state index < -0.39 is 0 Å². The minimum absolute atomic E-state index is 0.931. The summed E-state index contributed by atoms with van der Waals surface area (Å²) in [5.41, 5.74) is 2.66. The number of fused-ring (bicyclic) bond motifs is 1. The Labute approximate surface area is 114 Å². The average molecular weight is 259 g/mol. The Bertz CT molecular complexity index is 570. The molecule has 0 atom stereocenters. The predicted octanol–water partition coefficient (Wildman–Crippen LogP) is 1.59. The fourth-order valence-electron chi connectivity index (χ4n) is 2.82. The Morgan fingerprint density at radius 3 is 2.79 bits per heavy atom. The SMILES string of the molecule is COc1ccc2c(c1)c(CN1CCNCC1)cn2C. The van der Waals surface area contributed by atoms with Crippen LogP contribution in [-0.4, -0.2) is 42.8 Å². The van der Waals surface area contributed by atoms with Gasteiger partial charge in [-0.1, -0.05) is 0 Å². The average Bonchev–Trinajstić information content (AvgIpc) is 2.76. The van der Waals surface area contributed by atoms with Gasteiger partial charge in [-0.05, 0) is 23.8 Å². The largest absolute Gasteiger partial charge is 0.497 e. The summed E-state index contributed by atoms with van der Waals surface area (Å²) in [6.07, 6.45) is 2.24. The van der Waals surface area contributed by atoms with Crippen molar-refractivity contribution in [3.8, 4) is 5.75 Å². The van der Waals surface area contributed by atoms with Crippen LogP contribution in [0, 0.1) is 0 Å². The summed E-state index contributed by atoms with van der Waals surface area (Å²) >= 11 is 0. The van der Waals surface area contributed by atoms with Crippen molar-refractivity contribution in [2.75, 3.05) is 33.3 Å². The number of hydrogen-bond donors (Lipinski definition) is 1. The van der Waals surface area contributed by atoms with Gasteiger partial charge in [-0.2, -0.15) is 0 Å². The predicted molar refractivity (Wildman–Crippen MR) is 77.6 cm³/mol. The van der Waals surface area contributed by atoms with Gasteiger partial charge in [-0.15, -0.1) is 0 Å². The van der Waals surface area contributed by atoms with Crippen LogP contribution in [-0.2, 0) is 13.6 Å². The molecule has 4 heteroatoms. The Hall–Kier alpha value is -1.52.